The first-order valence-electron chi connectivity index (χ1n) is 8.84. The number of rotatable bonds is 7. The van der Waals surface area contributed by atoms with Crippen molar-refractivity contribution < 1.29 is 17.5 Å². The highest BCUT2D eigenvalue weighted by atomic mass is 32.2. The van der Waals surface area contributed by atoms with E-state index in [1.165, 1.54) is 25.3 Å². The van der Waals surface area contributed by atoms with E-state index >= 15 is 0 Å². The molecule has 6 nitrogen and oxygen atoms in total. The first kappa shape index (κ1) is 19.6. The van der Waals surface area contributed by atoms with Crippen molar-refractivity contribution in [2.45, 2.75) is 4.90 Å². The standard InChI is InChI=1S/C19H24FN3O3S/c1-26-18-3-2-4-19(15-18)27(24,25)21-9-10-22-11-13-23(14-12-22)17-7-5-16(20)6-8-17/h2-8,15,21H,9-14H2,1H3. The Kier molecular flexibility index (Phi) is 6.30. The number of hydrogen-bond acceptors (Lipinski definition) is 5. The molecule has 0 bridgehead atoms. The van der Waals surface area contributed by atoms with Crippen LogP contribution in [-0.2, 0) is 10.0 Å². The number of benzene rings is 2. The van der Waals surface area contributed by atoms with Crippen LogP contribution in [0.15, 0.2) is 53.4 Å². The van der Waals surface area contributed by atoms with Crippen LogP contribution < -0.4 is 14.4 Å². The molecule has 0 spiro atoms. The Bertz CT molecular complexity index is 851. The van der Waals surface area contributed by atoms with Crippen LogP contribution >= 0.6 is 0 Å². The van der Waals surface area contributed by atoms with Crippen molar-refractivity contribution in [2.24, 2.45) is 0 Å². The maximum absolute atomic E-state index is 13.0. The van der Waals surface area contributed by atoms with Crippen LogP contribution in [0.3, 0.4) is 0 Å². The second-order valence-corrected chi connectivity index (χ2v) is 8.15. The molecule has 0 atom stereocenters. The lowest BCUT2D eigenvalue weighted by atomic mass is 10.2. The summed E-state index contributed by atoms with van der Waals surface area (Å²) >= 11 is 0. The molecule has 2 aromatic carbocycles. The SMILES string of the molecule is COc1cccc(S(=O)(=O)NCCN2CCN(c3ccc(F)cc3)CC2)c1. The summed E-state index contributed by atoms with van der Waals surface area (Å²) in [5.74, 6) is 0.274. The summed E-state index contributed by atoms with van der Waals surface area (Å²) in [7, 11) is -2.05. The maximum Gasteiger partial charge on any atom is 0.240 e. The summed E-state index contributed by atoms with van der Waals surface area (Å²) in [6.07, 6.45) is 0. The van der Waals surface area contributed by atoms with Gasteiger partial charge in [-0.25, -0.2) is 17.5 Å². The highest BCUT2D eigenvalue weighted by molar-refractivity contribution is 7.89. The molecule has 0 saturated carbocycles. The number of halogens is 1. The average Bonchev–Trinajstić information content (AvgIpc) is 2.69. The molecule has 0 amide bonds. The molecule has 0 radical (unpaired) electrons. The molecule has 0 aliphatic carbocycles. The second-order valence-electron chi connectivity index (χ2n) is 6.38. The van der Waals surface area contributed by atoms with Gasteiger partial charge in [0.05, 0.1) is 12.0 Å². The highest BCUT2D eigenvalue weighted by Gasteiger charge is 2.19. The minimum Gasteiger partial charge on any atom is -0.497 e. The smallest absolute Gasteiger partial charge is 0.240 e. The lowest BCUT2D eigenvalue weighted by Crippen LogP contribution is -2.48. The second kappa shape index (κ2) is 8.69. The van der Waals surface area contributed by atoms with Crippen LogP contribution in [0, 0.1) is 5.82 Å². The lowest BCUT2D eigenvalue weighted by molar-refractivity contribution is 0.262. The molecule has 0 aromatic heterocycles. The van der Waals surface area contributed by atoms with Gasteiger partial charge in [-0.1, -0.05) is 6.07 Å². The first-order chi connectivity index (χ1) is 13.0. The third-order valence-electron chi connectivity index (χ3n) is 4.64. The molecule has 8 heteroatoms. The number of nitrogens with zero attached hydrogens (tertiary/aromatic N) is 2. The zero-order valence-electron chi connectivity index (χ0n) is 15.3. The van der Waals surface area contributed by atoms with Crippen molar-refractivity contribution in [3.05, 3.63) is 54.3 Å². The molecule has 3 rings (SSSR count). The first-order valence-corrected chi connectivity index (χ1v) is 10.3. The molecule has 1 fully saturated rings. The van der Waals surface area contributed by atoms with Crippen molar-refractivity contribution in [3.63, 3.8) is 0 Å². The predicted molar refractivity (Wildman–Crippen MR) is 103 cm³/mol. The number of sulfonamides is 1. The summed E-state index contributed by atoms with van der Waals surface area (Å²) in [6, 6.07) is 12.9. The molecule has 1 saturated heterocycles. The fraction of sp³-hybridized carbons (Fsp3) is 0.368. The molecular formula is C19H24FN3O3S. The molecule has 0 unspecified atom stereocenters. The number of ether oxygens (including phenoxy) is 1. The Labute approximate surface area is 159 Å². The molecule has 1 N–H and O–H groups in total. The molecule has 2 aromatic rings. The van der Waals surface area contributed by atoms with E-state index in [2.05, 4.69) is 14.5 Å². The van der Waals surface area contributed by atoms with Gasteiger partial charge in [-0.05, 0) is 36.4 Å². The minimum atomic E-state index is -3.55. The zero-order valence-corrected chi connectivity index (χ0v) is 16.1. The predicted octanol–water partition coefficient (Wildman–Crippen LogP) is 1.93. The van der Waals surface area contributed by atoms with E-state index in [-0.39, 0.29) is 10.7 Å². The third-order valence-corrected chi connectivity index (χ3v) is 6.09. The minimum absolute atomic E-state index is 0.197. The van der Waals surface area contributed by atoms with Gasteiger partial charge in [-0.2, -0.15) is 0 Å². The number of piperazine rings is 1. The van der Waals surface area contributed by atoms with Gasteiger partial charge in [0.1, 0.15) is 11.6 Å². The van der Waals surface area contributed by atoms with E-state index in [1.54, 1.807) is 30.3 Å². The van der Waals surface area contributed by atoms with Crippen molar-refractivity contribution in [1.29, 1.82) is 0 Å². The summed E-state index contributed by atoms with van der Waals surface area (Å²) in [5, 5.41) is 0. The van der Waals surface area contributed by atoms with Crippen LogP contribution in [0.2, 0.25) is 0 Å². The molecular weight excluding hydrogens is 369 g/mol. The Morgan fingerprint density at radius 2 is 1.78 bits per heavy atom. The molecule has 27 heavy (non-hydrogen) atoms. The van der Waals surface area contributed by atoms with Gasteiger partial charge >= 0.3 is 0 Å². The van der Waals surface area contributed by atoms with Gasteiger partial charge in [0.2, 0.25) is 10.0 Å². The van der Waals surface area contributed by atoms with Crippen LogP contribution in [0.5, 0.6) is 5.75 Å². The van der Waals surface area contributed by atoms with Crippen LogP contribution in [0.25, 0.3) is 0 Å². The summed E-state index contributed by atoms with van der Waals surface area (Å²) in [6.45, 7) is 4.30. The van der Waals surface area contributed by atoms with E-state index in [1.807, 2.05) is 0 Å². The van der Waals surface area contributed by atoms with E-state index < -0.39 is 10.0 Å². The topological polar surface area (TPSA) is 61.9 Å². The monoisotopic (exact) mass is 393 g/mol. The number of methoxy groups -OCH3 is 1. The largest absolute Gasteiger partial charge is 0.497 e. The molecule has 1 aliphatic rings. The molecule has 1 heterocycles. The van der Waals surface area contributed by atoms with E-state index in [9.17, 15) is 12.8 Å². The van der Waals surface area contributed by atoms with Crippen LogP contribution in [0.1, 0.15) is 0 Å². The number of anilines is 1. The summed E-state index contributed by atoms with van der Waals surface area (Å²) in [5.41, 5.74) is 1.01. The van der Waals surface area contributed by atoms with E-state index in [4.69, 9.17) is 4.74 Å². The fourth-order valence-electron chi connectivity index (χ4n) is 3.07. The Morgan fingerprint density at radius 3 is 2.44 bits per heavy atom. The molecule has 146 valence electrons. The maximum atomic E-state index is 13.0. The van der Waals surface area contributed by atoms with Crippen molar-refractivity contribution in [3.8, 4) is 5.75 Å². The molecule has 1 aliphatic heterocycles. The van der Waals surface area contributed by atoms with Crippen molar-refractivity contribution in [2.75, 3.05) is 51.3 Å². The highest BCUT2D eigenvalue weighted by Crippen LogP contribution is 2.18. The average molecular weight is 393 g/mol. The Hall–Kier alpha value is -2.16. The van der Waals surface area contributed by atoms with Crippen molar-refractivity contribution in [1.82, 2.24) is 9.62 Å². The van der Waals surface area contributed by atoms with Gasteiger partial charge in [-0.3, -0.25) is 4.90 Å². The fourth-order valence-corrected chi connectivity index (χ4v) is 4.13. The number of hydrogen-bond donors (Lipinski definition) is 1. The Balaban J connectivity index is 1.46. The van der Waals surface area contributed by atoms with Crippen molar-refractivity contribution >= 4 is 15.7 Å². The quantitative estimate of drug-likeness (QED) is 0.779. The van der Waals surface area contributed by atoms with E-state index in [0.29, 0.717) is 18.8 Å². The van der Waals surface area contributed by atoms with Gasteiger partial charge < -0.3 is 9.64 Å². The van der Waals surface area contributed by atoms with Crippen LogP contribution in [0.4, 0.5) is 10.1 Å². The number of nitrogens with one attached hydrogen (secondary N) is 1. The zero-order chi connectivity index (χ0) is 19.3. The van der Waals surface area contributed by atoms with Gasteiger partial charge in [0.15, 0.2) is 0 Å². The van der Waals surface area contributed by atoms with Gasteiger partial charge in [-0.15, -0.1) is 0 Å². The normalized spacial score (nSPS) is 15.7. The summed E-state index contributed by atoms with van der Waals surface area (Å²) < 4.78 is 45.5. The lowest BCUT2D eigenvalue weighted by Gasteiger charge is -2.36. The van der Waals surface area contributed by atoms with Crippen LogP contribution in [-0.4, -0.2) is 59.7 Å². The van der Waals surface area contributed by atoms with Gasteiger partial charge in [0.25, 0.3) is 0 Å². The Morgan fingerprint density at radius 1 is 1.07 bits per heavy atom. The summed E-state index contributed by atoms with van der Waals surface area (Å²) in [4.78, 5) is 4.62. The van der Waals surface area contributed by atoms with E-state index in [0.717, 1.165) is 31.9 Å². The third kappa shape index (κ3) is 5.18. The van der Waals surface area contributed by atoms with Gasteiger partial charge in [0, 0.05) is 51.0 Å².